The van der Waals surface area contributed by atoms with Crippen LogP contribution in [0.2, 0.25) is 0 Å². The molecule has 190 valence electrons. The average Bonchev–Trinajstić information content (AvgIpc) is 2.84. The number of benzene rings is 2. The Labute approximate surface area is 208 Å². The third-order valence-corrected chi connectivity index (χ3v) is 6.71. The van der Waals surface area contributed by atoms with E-state index in [0.29, 0.717) is 0 Å². The number of aliphatic hydroxyl groups excluding tert-OH is 1. The van der Waals surface area contributed by atoms with E-state index in [4.69, 9.17) is 0 Å². The number of carbonyl (C=O) groups is 2. The Kier molecular flexibility index (Phi) is 8.51. The van der Waals surface area contributed by atoms with Crippen LogP contribution < -0.4 is 15.4 Å². The fourth-order valence-electron chi connectivity index (χ4n) is 3.19. The van der Waals surface area contributed by atoms with E-state index in [-0.39, 0.29) is 22.7 Å². The number of sulfonamides is 1. The largest absolute Gasteiger partial charge is 0.394 e. The Hall–Kier alpha value is -3.67. The van der Waals surface area contributed by atoms with Crippen molar-refractivity contribution in [2.75, 3.05) is 11.9 Å². The van der Waals surface area contributed by atoms with Crippen LogP contribution >= 0.6 is 0 Å². The maximum Gasteiger partial charge on any atom is 0.258 e. The topological polar surface area (TPSA) is 137 Å². The highest BCUT2D eigenvalue weighted by molar-refractivity contribution is 7.89. The van der Waals surface area contributed by atoms with Gasteiger partial charge in [-0.1, -0.05) is 30.3 Å². The summed E-state index contributed by atoms with van der Waals surface area (Å²) in [6, 6.07) is 15.6. The average molecular weight is 515 g/mol. The van der Waals surface area contributed by atoms with Crippen LogP contribution in [0.25, 0.3) is 0 Å². The molecule has 0 aliphatic carbocycles. The number of aliphatic hydroxyl groups is 1. The van der Waals surface area contributed by atoms with Crippen molar-refractivity contribution in [3.63, 3.8) is 0 Å². The number of carbonyl (C=O) groups excluding carboxylic acids is 2. The molecule has 1 aromatic heterocycles. The van der Waals surface area contributed by atoms with E-state index in [9.17, 15) is 27.5 Å². The van der Waals surface area contributed by atoms with Crippen molar-refractivity contribution in [1.82, 2.24) is 15.0 Å². The van der Waals surface area contributed by atoms with E-state index >= 15 is 0 Å². The first-order valence-corrected chi connectivity index (χ1v) is 12.5. The van der Waals surface area contributed by atoms with Gasteiger partial charge >= 0.3 is 0 Å². The lowest BCUT2D eigenvalue weighted by Crippen LogP contribution is -2.46. The number of hydrogen-bond acceptors (Lipinski definition) is 6. The molecule has 0 radical (unpaired) electrons. The molecule has 0 spiro atoms. The zero-order valence-electron chi connectivity index (χ0n) is 19.7. The van der Waals surface area contributed by atoms with E-state index < -0.39 is 45.8 Å². The molecule has 0 bridgehead atoms. The van der Waals surface area contributed by atoms with Crippen LogP contribution in [-0.4, -0.2) is 48.5 Å². The number of nitrogens with one attached hydrogen (secondary N) is 3. The van der Waals surface area contributed by atoms with Gasteiger partial charge in [0.15, 0.2) is 5.03 Å². The van der Waals surface area contributed by atoms with Crippen molar-refractivity contribution in [2.24, 2.45) is 0 Å². The van der Waals surface area contributed by atoms with Gasteiger partial charge in [-0.2, -0.15) is 0 Å². The SMILES string of the molecule is CC(C)(CO)NS(=O)(=O)c1ccc(NC(=O)[C@H](Cc2ccccc2)NC(=O)c2ccc(F)cc2)cn1. The molecule has 3 aromatic rings. The van der Waals surface area contributed by atoms with E-state index in [0.717, 1.165) is 17.7 Å². The van der Waals surface area contributed by atoms with Crippen LogP contribution in [0.4, 0.5) is 10.1 Å². The third-order valence-electron chi connectivity index (χ3n) is 5.10. The first-order valence-electron chi connectivity index (χ1n) is 11.0. The Morgan fingerprint density at radius 1 is 1.03 bits per heavy atom. The minimum absolute atomic E-state index is 0.180. The van der Waals surface area contributed by atoms with Crippen molar-refractivity contribution in [3.8, 4) is 0 Å². The molecule has 0 aliphatic rings. The molecular weight excluding hydrogens is 487 g/mol. The summed E-state index contributed by atoms with van der Waals surface area (Å²) in [7, 11) is -4.00. The number of halogens is 1. The molecule has 11 heteroatoms. The van der Waals surface area contributed by atoms with Gasteiger partial charge in [-0.15, -0.1) is 0 Å². The van der Waals surface area contributed by atoms with E-state index in [1.165, 1.54) is 44.3 Å². The van der Waals surface area contributed by atoms with Crippen molar-refractivity contribution in [2.45, 2.75) is 36.9 Å². The van der Waals surface area contributed by atoms with Gasteiger partial charge in [-0.25, -0.2) is 22.5 Å². The summed E-state index contributed by atoms with van der Waals surface area (Å²) in [5.41, 5.74) is 0.126. The maximum atomic E-state index is 13.2. The molecule has 0 aliphatic heterocycles. The van der Waals surface area contributed by atoms with Crippen LogP contribution in [0.5, 0.6) is 0 Å². The van der Waals surface area contributed by atoms with E-state index in [2.05, 4.69) is 20.3 Å². The van der Waals surface area contributed by atoms with Gasteiger partial charge in [0, 0.05) is 12.0 Å². The minimum atomic E-state index is -4.00. The fourth-order valence-corrected chi connectivity index (χ4v) is 4.53. The maximum absolute atomic E-state index is 13.2. The predicted molar refractivity (Wildman–Crippen MR) is 132 cm³/mol. The van der Waals surface area contributed by atoms with Gasteiger partial charge in [-0.05, 0) is 55.8 Å². The standard InChI is InChI=1S/C25H27FN4O5S/c1-25(2,16-31)30-36(34,35)22-13-12-20(15-27-22)28-24(33)21(14-17-6-4-3-5-7-17)29-23(32)18-8-10-19(26)11-9-18/h3-13,15,21,30-31H,14,16H2,1-2H3,(H,28,33)(H,29,32)/t21-/m0/s1. The zero-order valence-corrected chi connectivity index (χ0v) is 20.5. The molecule has 0 unspecified atom stereocenters. The molecule has 36 heavy (non-hydrogen) atoms. The molecule has 0 saturated heterocycles. The number of rotatable bonds is 10. The summed E-state index contributed by atoms with van der Waals surface area (Å²) in [6.45, 7) is 2.63. The number of aromatic nitrogens is 1. The van der Waals surface area contributed by atoms with Crippen molar-refractivity contribution in [1.29, 1.82) is 0 Å². The van der Waals surface area contributed by atoms with Crippen LogP contribution in [0, 0.1) is 5.82 Å². The highest BCUT2D eigenvalue weighted by Crippen LogP contribution is 2.15. The predicted octanol–water partition coefficient (Wildman–Crippen LogP) is 2.25. The summed E-state index contributed by atoms with van der Waals surface area (Å²) in [5.74, 6) is -1.59. The number of nitrogens with zero attached hydrogens (tertiary/aromatic N) is 1. The fraction of sp³-hybridized carbons (Fsp3) is 0.240. The van der Waals surface area contributed by atoms with Crippen molar-refractivity contribution >= 4 is 27.5 Å². The van der Waals surface area contributed by atoms with Crippen molar-refractivity contribution < 1.29 is 27.5 Å². The molecule has 0 saturated carbocycles. The second-order valence-corrected chi connectivity index (χ2v) is 10.4. The smallest absolute Gasteiger partial charge is 0.258 e. The molecule has 2 aromatic carbocycles. The van der Waals surface area contributed by atoms with Crippen LogP contribution in [0.1, 0.15) is 29.8 Å². The molecule has 2 amide bonds. The number of amides is 2. The van der Waals surface area contributed by atoms with Crippen LogP contribution in [0.3, 0.4) is 0 Å². The molecule has 1 atom stereocenters. The monoisotopic (exact) mass is 514 g/mol. The molecule has 0 fully saturated rings. The minimum Gasteiger partial charge on any atom is -0.394 e. The summed E-state index contributed by atoms with van der Waals surface area (Å²) >= 11 is 0. The highest BCUT2D eigenvalue weighted by atomic mass is 32.2. The number of pyridine rings is 1. The molecular formula is C25H27FN4O5S. The van der Waals surface area contributed by atoms with Crippen LogP contribution in [-0.2, 0) is 21.2 Å². The van der Waals surface area contributed by atoms with Crippen LogP contribution in [0.15, 0.2) is 78.0 Å². The lowest BCUT2D eigenvalue weighted by molar-refractivity contribution is -0.118. The first kappa shape index (κ1) is 26.9. The van der Waals surface area contributed by atoms with Gasteiger partial charge in [0.1, 0.15) is 11.9 Å². The van der Waals surface area contributed by atoms with Gasteiger partial charge in [0.05, 0.1) is 24.0 Å². The molecule has 1 heterocycles. The first-order chi connectivity index (χ1) is 17.0. The van der Waals surface area contributed by atoms with Crippen molar-refractivity contribution in [3.05, 3.63) is 89.9 Å². The summed E-state index contributed by atoms with van der Waals surface area (Å²) < 4.78 is 40.5. The summed E-state index contributed by atoms with van der Waals surface area (Å²) in [6.07, 6.45) is 1.36. The van der Waals surface area contributed by atoms with E-state index in [1.54, 1.807) is 12.1 Å². The lowest BCUT2D eigenvalue weighted by atomic mass is 10.0. The second-order valence-electron chi connectivity index (χ2n) is 8.74. The van der Waals surface area contributed by atoms with Gasteiger partial charge in [0.2, 0.25) is 5.91 Å². The zero-order chi connectivity index (χ0) is 26.3. The Balaban J connectivity index is 1.76. The Morgan fingerprint density at radius 3 is 2.28 bits per heavy atom. The molecule has 4 N–H and O–H groups in total. The quantitative estimate of drug-likeness (QED) is 0.328. The normalized spacial score (nSPS) is 12.6. The second kappa shape index (κ2) is 11.4. The summed E-state index contributed by atoms with van der Waals surface area (Å²) in [5, 5.41) is 14.3. The molecule has 9 nitrogen and oxygen atoms in total. The molecule has 3 rings (SSSR count). The van der Waals surface area contributed by atoms with Gasteiger partial charge in [-0.3, -0.25) is 9.59 Å². The Bertz CT molecular complexity index is 1300. The van der Waals surface area contributed by atoms with E-state index in [1.807, 2.05) is 18.2 Å². The number of hydrogen-bond donors (Lipinski definition) is 4. The Morgan fingerprint density at radius 2 is 1.69 bits per heavy atom. The highest BCUT2D eigenvalue weighted by Gasteiger charge is 2.27. The van der Waals surface area contributed by atoms with Gasteiger partial charge < -0.3 is 15.7 Å². The van der Waals surface area contributed by atoms with Gasteiger partial charge in [0.25, 0.3) is 15.9 Å². The third kappa shape index (κ3) is 7.41. The number of anilines is 1. The lowest BCUT2D eigenvalue weighted by Gasteiger charge is -2.22. The summed E-state index contributed by atoms with van der Waals surface area (Å²) in [4.78, 5) is 29.7.